The number of benzene rings is 2. The molecule has 3 N–H and O–H groups in total. The third-order valence-electron chi connectivity index (χ3n) is 4.66. The minimum Gasteiger partial charge on any atom is -0.326 e. The van der Waals surface area contributed by atoms with Gasteiger partial charge in [-0.05, 0) is 61.7 Å². The fraction of sp³-hybridized carbons (Fsp3) is 0.286. The van der Waals surface area contributed by atoms with Crippen LogP contribution in [0, 0.1) is 24.2 Å². The molecular formula is C21H22N4O4S. The van der Waals surface area contributed by atoms with Crippen molar-refractivity contribution in [1.29, 1.82) is 5.26 Å². The lowest BCUT2D eigenvalue weighted by Crippen LogP contribution is -2.24. The number of nitrogens with one attached hydrogen (secondary N) is 3. The summed E-state index contributed by atoms with van der Waals surface area (Å²) in [5.41, 5.74) is 2.28. The van der Waals surface area contributed by atoms with Crippen LogP contribution in [0.4, 0.5) is 11.4 Å². The largest absolute Gasteiger partial charge is 0.326 e. The predicted molar refractivity (Wildman–Crippen MR) is 112 cm³/mol. The maximum atomic E-state index is 12.6. The van der Waals surface area contributed by atoms with Gasteiger partial charge in [0.1, 0.15) is 0 Å². The number of rotatable bonds is 8. The Labute approximate surface area is 175 Å². The number of anilines is 2. The third kappa shape index (κ3) is 5.43. The number of hydrogen-bond donors (Lipinski definition) is 3. The first-order valence-corrected chi connectivity index (χ1v) is 11.0. The first-order chi connectivity index (χ1) is 14.3. The van der Waals surface area contributed by atoms with Gasteiger partial charge in [-0.25, -0.2) is 13.1 Å². The molecule has 30 heavy (non-hydrogen) atoms. The van der Waals surface area contributed by atoms with Crippen LogP contribution in [0.1, 0.15) is 35.2 Å². The molecule has 156 valence electrons. The van der Waals surface area contributed by atoms with Crippen LogP contribution in [-0.2, 0) is 14.8 Å². The highest BCUT2D eigenvalue weighted by Crippen LogP contribution is 2.31. The zero-order chi connectivity index (χ0) is 21.7. The van der Waals surface area contributed by atoms with E-state index < -0.39 is 15.9 Å². The van der Waals surface area contributed by atoms with E-state index in [0.29, 0.717) is 11.4 Å². The highest BCUT2D eigenvalue weighted by Gasteiger charge is 2.29. The van der Waals surface area contributed by atoms with Crippen molar-refractivity contribution in [2.45, 2.75) is 31.1 Å². The second kappa shape index (κ2) is 9.07. The van der Waals surface area contributed by atoms with Crippen molar-refractivity contribution in [3.8, 4) is 6.07 Å². The van der Waals surface area contributed by atoms with Gasteiger partial charge in [0.05, 0.1) is 11.0 Å². The summed E-state index contributed by atoms with van der Waals surface area (Å²) >= 11 is 0. The second-order valence-electron chi connectivity index (χ2n) is 7.08. The SMILES string of the molecule is Cc1ccc(NC(=O)C2CC2)cc1NC(=O)c1ccc(S(=O)(=O)NCCC#N)cc1. The van der Waals surface area contributed by atoms with Crippen LogP contribution in [0.5, 0.6) is 0 Å². The van der Waals surface area contributed by atoms with E-state index in [9.17, 15) is 18.0 Å². The molecule has 1 fully saturated rings. The molecule has 0 radical (unpaired) electrons. The monoisotopic (exact) mass is 426 g/mol. The van der Waals surface area contributed by atoms with Crippen LogP contribution in [0.2, 0.25) is 0 Å². The number of nitriles is 1. The van der Waals surface area contributed by atoms with Gasteiger partial charge >= 0.3 is 0 Å². The van der Waals surface area contributed by atoms with Crippen molar-refractivity contribution in [3.05, 3.63) is 53.6 Å². The third-order valence-corrected chi connectivity index (χ3v) is 6.13. The Balaban J connectivity index is 1.68. The molecule has 0 aliphatic heterocycles. The maximum Gasteiger partial charge on any atom is 0.255 e. The van der Waals surface area contributed by atoms with E-state index in [-0.39, 0.29) is 35.2 Å². The topological polar surface area (TPSA) is 128 Å². The van der Waals surface area contributed by atoms with E-state index in [4.69, 9.17) is 5.26 Å². The normalized spacial score (nSPS) is 13.3. The fourth-order valence-corrected chi connectivity index (χ4v) is 3.76. The maximum absolute atomic E-state index is 12.6. The van der Waals surface area contributed by atoms with Gasteiger partial charge in [0.15, 0.2) is 0 Å². The van der Waals surface area contributed by atoms with Gasteiger partial charge in [-0.2, -0.15) is 5.26 Å². The van der Waals surface area contributed by atoms with Gasteiger partial charge in [0.25, 0.3) is 5.91 Å². The molecule has 1 aliphatic carbocycles. The Hall–Kier alpha value is -3.22. The van der Waals surface area contributed by atoms with Crippen molar-refractivity contribution in [2.24, 2.45) is 5.92 Å². The lowest BCUT2D eigenvalue weighted by atomic mass is 10.1. The Morgan fingerprint density at radius 3 is 2.43 bits per heavy atom. The fourth-order valence-electron chi connectivity index (χ4n) is 2.73. The average molecular weight is 426 g/mol. The lowest BCUT2D eigenvalue weighted by Gasteiger charge is -2.12. The molecule has 2 aromatic rings. The molecule has 1 saturated carbocycles. The molecule has 1 aliphatic rings. The molecule has 9 heteroatoms. The van der Waals surface area contributed by atoms with E-state index in [2.05, 4.69) is 15.4 Å². The highest BCUT2D eigenvalue weighted by atomic mass is 32.2. The van der Waals surface area contributed by atoms with Crippen LogP contribution in [-0.4, -0.2) is 26.8 Å². The second-order valence-corrected chi connectivity index (χ2v) is 8.84. The molecular weight excluding hydrogens is 404 g/mol. The standard InChI is InChI=1S/C21H22N4O4S/c1-14-3-8-17(24-20(26)15-4-5-15)13-19(14)25-21(27)16-6-9-18(10-7-16)30(28,29)23-12-2-11-22/h3,6-10,13,15,23H,2,4-5,12H2,1H3,(H,24,26)(H,25,27). The van der Waals surface area contributed by atoms with Crippen molar-refractivity contribution in [3.63, 3.8) is 0 Å². The number of carbonyl (C=O) groups is 2. The van der Waals surface area contributed by atoms with Crippen LogP contribution < -0.4 is 15.4 Å². The summed E-state index contributed by atoms with van der Waals surface area (Å²) < 4.78 is 26.6. The van der Waals surface area contributed by atoms with Crippen LogP contribution in [0.3, 0.4) is 0 Å². The minimum absolute atomic E-state index is 0.0120. The van der Waals surface area contributed by atoms with Crippen molar-refractivity contribution in [2.75, 3.05) is 17.2 Å². The summed E-state index contributed by atoms with van der Waals surface area (Å²) in [5.74, 6) is -0.338. The van der Waals surface area contributed by atoms with E-state index >= 15 is 0 Å². The van der Waals surface area contributed by atoms with Crippen LogP contribution in [0.15, 0.2) is 47.4 Å². The summed E-state index contributed by atoms with van der Waals surface area (Å²) in [4.78, 5) is 24.5. The lowest BCUT2D eigenvalue weighted by molar-refractivity contribution is -0.117. The zero-order valence-electron chi connectivity index (χ0n) is 16.4. The Kier molecular flexibility index (Phi) is 6.50. The molecule has 2 amide bonds. The number of hydrogen-bond acceptors (Lipinski definition) is 5. The van der Waals surface area contributed by atoms with Gasteiger partial charge in [0, 0.05) is 35.8 Å². The van der Waals surface area contributed by atoms with Gasteiger partial charge < -0.3 is 10.6 Å². The van der Waals surface area contributed by atoms with Crippen molar-refractivity contribution in [1.82, 2.24) is 4.72 Å². The smallest absolute Gasteiger partial charge is 0.255 e. The molecule has 3 rings (SSSR count). The summed E-state index contributed by atoms with van der Waals surface area (Å²) in [6.07, 6.45) is 1.88. The average Bonchev–Trinajstić information content (AvgIpc) is 3.56. The van der Waals surface area contributed by atoms with E-state index in [1.54, 1.807) is 18.2 Å². The number of nitrogens with zero attached hydrogens (tertiary/aromatic N) is 1. The minimum atomic E-state index is -3.73. The Bertz CT molecular complexity index is 1100. The Morgan fingerprint density at radius 1 is 1.10 bits per heavy atom. The first-order valence-electron chi connectivity index (χ1n) is 9.50. The molecule has 0 heterocycles. The number of aryl methyl sites for hydroxylation is 1. The van der Waals surface area contributed by atoms with E-state index in [1.807, 2.05) is 13.0 Å². The molecule has 0 aromatic heterocycles. The van der Waals surface area contributed by atoms with Crippen LogP contribution >= 0.6 is 0 Å². The number of amides is 2. The van der Waals surface area contributed by atoms with Crippen molar-refractivity contribution >= 4 is 33.2 Å². The molecule has 0 saturated heterocycles. The highest BCUT2D eigenvalue weighted by molar-refractivity contribution is 7.89. The summed E-state index contributed by atoms with van der Waals surface area (Å²) in [7, 11) is -3.73. The van der Waals surface area contributed by atoms with E-state index in [0.717, 1.165) is 18.4 Å². The molecule has 0 spiro atoms. The van der Waals surface area contributed by atoms with Gasteiger partial charge in [-0.15, -0.1) is 0 Å². The van der Waals surface area contributed by atoms with Gasteiger partial charge in [0.2, 0.25) is 15.9 Å². The summed E-state index contributed by atoms with van der Waals surface area (Å²) in [6, 6.07) is 12.7. The van der Waals surface area contributed by atoms with E-state index in [1.165, 1.54) is 24.3 Å². The summed E-state index contributed by atoms with van der Waals surface area (Å²) in [6.45, 7) is 1.86. The van der Waals surface area contributed by atoms with Crippen molar-refractivity contribution < 1.29 is 18.0 Å². The predicted octanol–water partition coefficient (Wildman–Crippen LogP) is 2.79. The molecule has 8 nitrogen and oxygen atoms in total. The zero-order valence-corrected chi connectivity index (χ0v) is 17.3. The van der Waals surface area contributed by atoms with Gasteiger partial charge in [-0.1, -0.05) is 6.07 Å². The summed E-state index contributed by atoms with van der Waals surface area (Å²) in [5, 5.41) is 14.1. The van der Waals surface area contributed by atoms with Crippen LogP contribution in [0.25, 0.3) is 0 Å². The molecule has 0 unspecified atom stereocenters. The molecule has 0 bridgehead atoms. The van der Waals surface area contributed by atoms with Gasteiger partial charge in [-0.3, -0.25) is 9.59 Å². The number of carbonyl (C=O) groups excluding carboxylic acids is 2. The number of sulfonamides is 1. The molecule has 2 aromatic carbocycles. The quantitative estimate of drug-likeness (QED) is 0.559. The molecule has 0 atom stereocenters. The first kappa shape index (κ1) is 21.5. The Morgan fingerprint density at radius 2 is 1.80 bits per heavy atom.